The van der Waals surface area contributed by atoms with E-state index in [0.29, 0.717) is 0 Å². The summed E-state index contributed by atoms with van der Waals surface area (Å²) in [5.41, 5.74) is 0.0913. The lowest BCUT2D eigenvalue weighted by Gasteiger charge is -2.13. The number of hydrogen-bond donors (Lipinski definition) is 3. The number of halogens is 2. The highest BCUT2D eigenvalue weighted by Crippen LogP contribution is 2.19. The van der Waals surface area contributed by atoms with Crippen LogP contribution in [0.25, 0.3) is 0 Å². The molecule has 1 atom stereocenters. The molecule has 0 saturated carbocycles. The second-order valence-corrected chi connectivity index (χ2v) is 4.14. The number of rotatable bonds is 5. The minimum atomic E-state index is -1.23. The summed E-state index contributed by atoms with van der Waals surface area (Å²) in [6.07, 6.45) is 1.09. The van der Waals surface area contributed by atoms with E-state index in [1.165, 1.54) is 12.3 Å². The van der Waals surface area contributed by atoms with Gasteiger partial charge in [0.25, 0.3) is 5.91 Å². The van der Waals surface area contributed by atoms with Crippen LogP contribution in [0.1, 0.15) is 16.8 Å². The van der Waals surface area contributed by atoms with E-state index >= 15 is 0 Å². The van der Waals surface area contributed by atoms with Crippen LogP contribution in [-0.4, -0.2) is 39.7 Å². The number of aromatic nitrogens is 1. The number of aliphatic hydroxyl groups is 1. The number of carbonyl (C=O) groups excluding carboxylic acids is 1. The van der Waals surface area contributed by atoms with E-state index in [0.717, 1.165) is 0 Å². The third kappa shape index (κ3) is 3.83. The summed E-state index contributed by atoms with van der Waals surface area (Å²) in [4.78, 5) is 26.2. The molecule has 98 valence electrons. The summed E-state index contributed by atoms with van der Waals surface area (Å²) in [7, 11) is 0. The average Bonchev–Trinajstić information content (AvgIpc) is 2.31. The SMILES string of the molecule is O=C(NC(CCO)C(=O)O)c1cnc(Cl)c(Cl)c1. The van der Waals surface area contributed by atoms with Crippen molar-refractivity contribution in [2.24, 2.45) is 0 Å². The summed E-state index contributed by atoms with van der Waals surface area (Å²) in [6, 6.07) is 0.112. The van der Waals surface area contributed by atoms with E-state index in [9.17, 15) is 9.59 Å². The topological polar surface area (TPSA) is 99.5 Å². The smallest absolute Gasteiger partial charge is 0.326 e. The Morgan fingerprint density at radius 2 is 2.11 bits per heavy atom. The highest BCUT2D eigenvalue weighted by Gasteiger charge is 2.20. The maximum atomic E-state index is 11.7. The lowest BCUT2D eigenvalue weighted by atomic mass is 10.2. The van der Waals surface area contributed by atoms with E-state index in [1.807, 2.05) is 0 Å². The molecule has 0 saturated heterocycles. The third-order valence-electron chi connectivity index (χ3n) is 2.08. The molecular weight excluding hydrogens is 283 g/mol. The van der Waals surface area contributed by atoms with Crippen LogP contribution in [0.2, 0.25) is 10.2 Å². The van der Waals surface area contributed by atoms with Crippen molar-refractivity contribution >= 4 is 35.1 Å². The Kier molecular flexibility index (Phi) is 5.33. The first-order chi connectivity index (χ1) is 8.45. The average molecular weight is 293 g/mol. The number of nitrogens with one attached hydrogen (secondary N) is 1. The maximum Gasteiger partial charge on any atom is 0.326 e. The zero-order chi connectivity index (χ0) is 13.7. The normalized spacial score (nSPS) is 11.9. The van der Waals surface area contributed by atoms with Crippen molar-refractivity contribution in [2.75, 3.05) is 6.61 Å². The largest absolute Gasteiger partial charge is 0.480 e. The van der Waals surface area contributed by atoms with Gasteiger partial charge in [-0.2, -0.15) is 0 Å². The zero-order valence-corrected chi connectivity index (χ0v) is 10.6. The van der Waals surface area contributed by atoms with Gasteiger partial charge in [0.15, 0.2) is 0 Å². The van der Waals surface area contributed by atoms with E-state index in [4.69, 9.17) is 33.4 Å². The number of hydrogen-bond acceptors (Lipinski definition) is 4. The molecule has 0 aliphatic carbocycles. The fourth-order valence-corrected chi connectivity index (χ4v) is 1.44. The number of carboxylic acid groups (broad SMARTS) is 1. The van der Waals surface area contributed by atoms with Gasteiger partial charge < -0.3 is 15.5 Å². The Labute approximate surface area is 113 Å². The summed E-state index contributed by atoms with van der Waals surface area (Å²) < 4.78 is 0. The van der Waals surface area contributed by atoms with Gasteiger partial charge in [0.2, 0.25) is 0 Å². The minimum absolute atomic E-state index is 0.0540. The quantitative estimate of drug-likeness (QED) is 0.702. The Morgan fingerprint density at radius 1 is 1.44 bits per heavy atom. The molecule has 1 unspecified atom stereocenters. The van der Waals surface area contributed by atoms with Gasteiger partial charge in [-0.25, -0.2) is 9.78 Å². The molecule has 0 fully saturated rings. The van der Waals surface area contributed by atoms with Gasteiger partial charge in [-0.05, 0) is 6.07 Å². The van der Waals surface area contributed by atoms with Crippen LogP contribution in [0.4, 0.5) is 0 Å². The molecule has 0 aliphatic rings. The van der Waals surface area contributed by atoms with Crippen molar-refractivity contribution in [1.82, 2.24) is 10.3 Å². The number of carbonyl (C=O) groups is 2. The standard InChI is InChI=1S/C10H10Cl2N2O4/c11-6-3-5(4-13-8(6)12)9(16)14-7(1-2-15)10(17)18/h3-4,7,15H,1-2H2,(H,14,16)(H,17,18). The van der Waals surface area contributed by atoms with Crippen LogP contribution in [-0.2, 0) is 4.79 Å². The molecule has 8 heteroatoms. The highest BCUT2D eigenvalue weighted by atomic mass is 35.5. The second kappa shape index (κ2) is 6.53. The van der Waals surface area contributed by atoms with Crippen LogP contribution in [0, 0.1) is 0 Å². The summed E-state index contributed by atoms with van der Waals surface area (Å²) >= 11 is 11.3. The molecule has 1 aromatic heterocycles. The van der Waals surface area contributed by atoms with Gasteiger partial charge in [-0.15, -0.1) is 0 Å². The number of nitrogens with zero attached hydrogens (tertiary/aromatic N) is 1. The van der Waals surface area contributed by atoms with Crippen LogP contribution < -0.4 is 5.32 Å². The fourth-order valence-electron chi connectivity index (χ4n) is 1.17. The van der Waals surface area contributed by atoms with Crippen LogP contribution in [0.3, 0.4) is 0 Å². The van der Waals surface area contributed by atoms with E-state index in [-0.39, 0.29) is 28.8 Å². The molecule has 0 aliphatic heterocycles. The molecule has 0 bridgehead atoms. The number of aliphatic hydroxyl groups excluding tert-OH is 1. The lowest BCUT2D eigenvalue weighted by molar-refractivity contribution is -0.139. The maximum absolute atomic E-state index is 11.7. The third-order valence-corrected chi connectivity index (χ3v) is 2.77. The number of pyridine rings is 1. The first-order valence-electron chi connectivity index (χ1n) is 4.91. The fraction of sp³-hybridized carbons (Fsp3) is 0.300. The number of amides is 1. The predicted octanol–water partition coefficient (Wildman–Crippen LogP) is 0.954. The Balaban J connectivity index is 2.80. The molecular formula is C10H10Cl2N2O4. The first-order valence-corrected chi connectivity index (χ1v) is 5.67. The Bertz CT molecular complexity index is 467. The summed E-state index contributed by atoms with van der Waals surface area (Å²) in [5, 5.41) is 19.9. The molecule has 0 radical (unpaired) electrons. The zero-order valence-electron chi connectivity index (χ0n) is 9.06. The van der Waals surface area contributed by atoms with Crippen molar-refractivity contribution in [1.29, 1.82) is 0 Å². The van der Waals surface area contributed by atoms with E-state index < -0.39 is 17.9 Å². The predicted molar refractivity (Wildman–Crippen MR) is 64.8 cm³/mol. The van der Waals surface area contributed by atoms with Gasteiger partial charge in [-0.1, -0.05) is 23.2 Å². The van der Waals surface area contributed by atoms with Crippen LogP contribution in [0.5, 0.6) is 0 Å². The molecule has 3 N–H and O–H groups in total. The first kappa shape index (κ1) is 14.7. The summed E-state index contributed by atoms with van der Waals surface area (Å²) in [6.45, 7) is -0.350. The highest BCUT2D eigenvalue weighted by molar-refractivity contribution is 6.41. The van der Waals surface area contributed by atoms with E-state index in [2.05, 4.69) is 10.3 Å². The molecule has 6 nitrogen and oxygen atoms in total. The van der Waals surface area contributed by atoms with Crippen molar-refractivity contribution in [3.8, 4) is 0 Å². The molecule has 1 rings (SSSR count). The monoisotopic (exact) mass is 292 g/mol. The number of aliphatic carboxylic acids is 1. The van der Waals surface area contributed by atoms with Gasteiger partial charge in [0.05, 0.1) is 10.6 Å². The molecule has 1 amide bonds. The Hall–Kier alpha value is -1.37. The van der Waals surface area contributed by atoms with E-state index in [1.54, 1.807) is 0 Å². The minimum Gasteiger partial charge on any atom is -0.480 e. The molecule has 0 spiro atoms. The van der Waals surface area contributed by atoms with Gasteiger partial charge in [-0.3, -0.25) is 4.79 Å². The van der Waals surface area contributed by atoms with Crippen molar-refractivity contribution in [3.63, 3.8) is 0 Å². The van der Waals surface area contributed by atoms with Gasteiger partial charge in [0.1, 0.15) is 11.2 Å². The van der Waals surface area contributed by atoms with Gasteiger partial charge in [0, 0.05) is 19.2 Å². The molecule has 1 aromatic rings. The molecule has 0 aromatic carbocycles. The van der Waals surface area contributed by atoms with Crippen molar-refractivity contribution < 1.29 is 19.8 Å². The van der Waals surface area contributed by atoms with Gasteiger partial charge >= 0.3 is 5.97 Å². The molecule has 1 heterocycles. The second-order valence-electron chi connectivity index (χ2n) is 3.37. The van der Waals surface area contributed by atoms with Crippen molar-refractivity contribution in [3.05, 3.63) is 28.0 Å². The lowest BCUT2D eigenvalue weighted by Crippen LogP contribution is -2.41. The summed E-state index contributed by atoms with van der Waals surface area (Å²) in [5.74, 6) is -1.88. The number of carboxylic acids is 1. The van der Waals surface area contributed by atoms with Crippen LogP contribution >= 0.6 is 23.2 Å². The Morgan fingerprint density at radius 3 is 2.61 bits per heavy atom. The van der Waals surface area contributed by atoms with Crippen LogP contribution in [0.15, 0.2) is 12.3 Å². The van der Waals surface area contributed by atoms with Crippen molar-refractivity contribution in [2.45, 2.75) is 12.5 Å². The molecule has 18 heavy (non-hydrogen) atoms.